The Hall–Kier alpha value is -3.44. The summed E-state index contributed by atoms with van der Waals surface area (Å²) >= 11 is 5.85. The van der Waals surface area contributed by atoms with E-state index in [9.17, 15) is 32.9 Å². The fourth-order valence-electron chi connectivity index (χ4n) is 2.45. The summed E-state index contributed by atoms with van der Waals surface area (Å²) in [4.78, 5) is 34.7. The van der Waals surface area contributed by atoms with Crippen molar-refractivity contribution in [3.63, 3.8) is 0 Å². The van der Waals surface area contributed by atoms with Crippen molar-refractivity contribution in [1.29, 1.82) is 0 Å². The van der Waals surface area contributed by atoms with Gasteiger partial charge < -0.3 is 14.2 Å². The summed E-state index contributed by atoms with van der Waals surface area (Å²) in [5.74, 6) is -1.85. The van der Waals surface area contributed by atoms with Crippen LogP contribution in [0.5, 0.6) is 11.5 Å². The first-order valence-corrected chi connectivity index (χ1v) is 9.57. The van der Waals surface area contributed by atoms with Gasteiger partial charge in [-0.2, -0.15) is 13.2 Å². The second-order valence-electron chi connectivity index (χ2n) is 6.48. The summed E-state index contributed by atoms with van der Waals surface area (Å²) in [6.45, 7) is 3.97. The Morgan fingerprint density at radius 1 is 1.24 bits per heavy atom. The molecule has 0 N–H and O–H groups in total. The van der Waals surface area contributed by atoms with E-state index in [1.807, 2.05) is 0 Å². The number of hydrogen-bond acceptors (Lipinski definition) is 7. The van der Waals surface area contributed by atoms with Gasteiger partial charge in [0.25, 0.3) is 5.69 Å². The minimum atomic E-state index is -4.61. The van der Waals surface area contributed by atoms with Gasteiger partial charge in [0.1, 0.15) is 30.3 Å². The summed E-state index contributed by atoms with van der Waals surface area (Å²) in [6.07, 6.45) is -4.39. The molecule has 0 fully saturated rings. The van der Waals surface area contributed by atoms with Crippen molar-refractivity contribution in [2.45, 2.75) is 19.2 Å². The molecule has 176 valence electrons. The molecule has 0 saturated carbocycles. The molecule has 0 aliphatic heterocycles. The number of halogens is 4. The molecule has 0 heterocycles. The minimum Gasteiger partial charge on any atom is -0.460 e. The quantitative estimate of drug-likeness (QED) is 0.146. The number of hydrogen-bond donors (Lipinski definition) is 0. The number of alkyl halides is 3. The summed E-state index contributed by atoms with van der Waals surface area (Å²) in [5, 5.41) is 11.0. The van der Waals surface area contributed by atoms with E-state index in [-0.39, 0.29) is 23.1 Å². The van der Waals surface area contributed by atoms with Crippen LogP contribution in [0.4, 0.5) is 18.9 Å². The van der Waals surface area contributed by atoms with E-state index in [1.165, 1.54) is 13.0 Å². The van der Waals surface area contributed by atoms with Crippen molar-refractivity contribution in [3.8, 4) is 11.5 Å². The normalized spacial score (nSPS) is 12.0. The van der Waals surface area contributed by atoms with Gasteiger partial charge in [0.2, 0.25) is 0 Å². The van der Waals surface area contributed by atoms with E-state index in [1.54, 1.807) is 0 Å². The number of ether oxygens (including phenoxy) is 3. The number of nitrogens with zero attached hydrogens (tertiary/aromatic N) is 1. The highest BCUT2D eigenvalue weighted by Gasteiger charge is 2.31. The molecule has 2 aromatic rings. The van der Waals surface area contributed by atoms with Crippen LogP contribution in [0.3, 0.4) is 0 Å². The van der Waals surface area contributed by atoms with Crippen molar-refractivity contribution in [1.82, 2.24) is 0 Å². The standard InChI is InChI=1S/C21H17ClF3NO7/c1-3-8-31-20(28)12(2)32-11-18(27)15-10-14(5-6-17(15)26(29)30)33-19-7-4-13(9-16(19)22)21(23,24)25/h3-7,9-10,12H,1,8,11H2,2H3. The number of nitro groups is 1. The molecule has 8 nitrogen and oxygen atoms in total. The number of carbonyl (C=O) groups is 2. The first-order valence-electron chi connectivity index (χ1n) is 9.19. The number of rotatable bonds is 10. The average Bonchev–Trinajstić information content (AvgIpc) is 2.75. The average molecular weight is 488 g/mol. The lowest BCUT2D eigenvalue weighted by Gasteiger charge is -2.13. The number of carbonyl (C=O) groups excluding carboxylic acids is 2. The SMILES string of the molecule is C=CCOC(=O)C(C)OCC(=O)c1cc(Oc2ccc(C(F)(F)F)cc2Cl)ccc1[N+](=O)[O-]. The lowest BCUT2D eigenvalue weighted by atomic mass is 10.1. The number of nitro benzene ring substituents is 1. The third kappa shape index (κ3) is 7.02. The molecule has 1 atom stereocenters. The molecule has 0 spiro atoms. The molecule has 0 bridgehead atoms. The maximum absolute atomic E-state index is 12.8. The lowest BCUT2D eigenvalue weighted by molar-refractivity contribution is -0.385. The van der Waals surface area contributed by atoms with Gasteiger partial charge in [-0.15, -0.1) is 0 Å². The summed E-state index contributed by atoms with van der Waals surface area (Å²) < 4.78 is 53.7. The molecule has 0 radical (unpaired) electrons. The monoisotopic (exact) mass is 487 g/mol. The molecule has 12 heteroatoms. The first kappa shape index (κ1) is 25.8. The molecule has 33 heavy (non-hydrogen) atoms. The predicted octanol–water partition coefficient (Wildman–Crippen LogP) is 5.38. The number of ketones is 1. The Bertz CT molecular complexity index is 1070. The number of esters is 1. The topological polar surface area (TPSA) is 105 Å². The maximum Gasteiger partial charge on any atom is 0.416 e. The largest absolute Gasteiger partial charge is 0.460 e. The highest BCUT2D eigenvalue weighted by molar-refractivity contribution is 6.32. The molecule has 0 amide bonds. The first-order chi connectivity index (χ1) is 15.4. The van der Waals surface area contributed by atoms with Crippen LogP contribution < -0.4 is 4.74 Å². The number of Topliss-reactive ketones (excluding diaryl/α,β-unsaturated/α-hetero) is 1. The van der Waals surface area contributed by atoms with Crippen LogP contribution in [0.2, 0.25) is 5.02 Å². The van der Waals surface area contributed by atoms with Crippen molar-refractivity contribution in [2.24, 2.45) is 0 Å². The van der Waals surface area contributed by atoms with Crippen LogP contribution >= 0.6 is 11.6 Å². The van der Waals surface area contributed by atoms with Gasteiger partial charge in [0.15, 0.2) is 11.9 Å². The lowest BCUT2D eigenvalue weighted by Crippen LogP contribution is -2.26. The Kier molecular flexibility index (Phi) is 8.55. The van der Waals surface area contributed by atoms with Gasteiger partial charge in [0, 0.05) is 6.07 Å². The van der Waals surface area contributed by atoms with Crippen LogP contribution in [0.15, 0.2) is 49.1 Å². The van der Waals surface area contributed by atoms with Crippen molar-refractivity contribution in [3.05, 3.63) is 75.3 Å². The second-order valence-corrected chi connectivity index (χ2v) is 6.88. The van der Waals surface area contributed by atoms with Crippen LogP contribution in [0.1, 0.15) is 22.8 Å². The zero-order chi connectivity index (χ0) is 24.8. The van der Waals surface area contributed by atoms with Gasteiger partial charge in [-0.3, -0.25) is 14.9 Å². The zero-order valence-corrected chi connectivity index (χ0v) is 17.8. The molecule has 0 saturated heterocycles. The molecule has 2 rings (SSSR count). The molecule has 0 aromatic heterocycles. The van der Waals surface area contributed by atoms with Crippen LogP contribution in [-0.2, 0) is 20.4 Å². The van der Waals surface area contributed by atoms with E-state index in [0.717, 1.165) is 30.3 Å². The fourth-order valence-corrected chi connectivity index (χ4v) is 2.67. The van der Waals surface area contributed by atoms with Gasteiger partial charge >= 0.3 is 12.1 Å². The molecular weight excluding hydrogens is 471 g/mol. The van der Waals surface area contributed by atoms with E-state index in [2.05, 4.69) is 6.58 Å². The van der Waals surface area contributed by atoms with E-state index in [4.69, 9.17) is 25.8 Å². The van der Waals surface area contributed by atoms with Gasteiger partial charge in [0.05, 0.1) is 15.5 Å². The van der Waals surface area contributed by atoms with Crippen LogP contribution in [0.25, 0.3) is 0 Å². The van der Waals surface area contributed by atoms with Gasteiger partial charge in [-0.1, -0.05) is 24.3 Å². The Labute approximate surface area is 190 Å². The Balaban J connectivity index is 2.22. The van der Waals surface area contributed by atoms with Crippen molar-refractivity contribution in [2.75, 3.05) is 13.2 Å². The van der Waals surface area contributed by atoms with E-state index < -0.39 is 52.4 Å². The third-order valence-electron chi connectivity index (χ3n) is 4.09. The van der Waals surface area contributed by atoms with Crippen molar-refractivity contribution < 1.29 is 41.9 Å². The Morgan fingerprint density at radius 3 is 2.52 bits per heavy atom. The van der Waals surface area contributed by atoms with Crippen LogP contribution in [-0.4, -0.2) is 36.0 Å². The predicted molar refractivity (Wildman–Crippen MR) is 111 cm³/mol. The molecular formula is C21H17ClF3NO7. The summed E-state index contributed by atoms with van der Waals surface area (Å²) in [5.41, 5.74) is -1.94. The van der Waals surface area contributed by atoms with Crippen LogP contribution in [0, 0.1) is 10.1 Å². The third-order valence-corrected chi connectivity index (χ3v) is 4.39. The Morgan fingerprint density at radius 2 is 1.94 bits per heavy atom. The smallest absolute Gasteiger partial charge is 0.416 e. The molecule has 0 aliphatic rings. The number of benzene rings is 2. The molecule has 1 unspecified atom stereocenters. The molecule has 2 aromatic carbocycles. The highest BCUT2D eigenvalue weighted by Crippen LogP contribution is 2.37. The fraction of sp³-hybridized carbons (Fsp3) is 0.238. The molecule has 0 aliphatic carbocycles. The highest BCUT2D eigenvalue weighted by atomic mass is 35.5. The zero-order valence-electron chi connectivity index (χ0n) is 17.1. The van der Waals surface area contributed by atoms with E-state index in [0.29, 0.717) is 6.07 Å². The van der Waals surface area contributed by atoms with E-state index >= 15 is 0 Å². The summed E-state index contributed by atoms with van der Waals surface area (Å²) in [7, 11) is 0. The maximum atomic E-state index is 12.8. The minimum absolute atomic E-state index is 0.0577. The van der Waals surface area contributed by atoms with Gasteiger partial charge in [-0.05, 0) is 37.3 Å². The van der Waals surface area contributed by atoms with Crippen molar-refractivity contribution >= 4 is 29.0 Å². The van der Waals surface area contributed by atoms with Gasteiger partial charge in [-0.25, -0.2) is 4.79 Å². The second kappa shape index (κ2) is 10.9. The summed E-state index contributed by atoms with van der Waals surface area (Å²) in [6, 6.07) is 5.56.